The van der Waals surface area contributed by atoms with Gasteiger partial charge >= 0.3 is 11.9 Å². The van der Waals surface area contributed by atoms with E-state index >= 15 is 0 Å². The molecule has 102 valence electrons. The third-order valence-electron chi connectivity index (χ3n) is 2.51. The van der Waals surface area contributed by atoms with Gasteiger partial charge < -0.3 is 14.5 Å². The fraction of sp³-hybridized carbons (Fsp3) is 0.0714. The number of aromatic nitrogens is 1. The van der Waals surface area contributed by atoms with E-state index in [2.05, 4.69) is 9.72 Å². The molecule has 0 aliphatic rings. The summed E-state index contributed by atoms with van der Waals surface area (Å²) in [7, 11) is 1.28. The smallest absolute Gasteiger partial charge is 0.345 e. The van der Waals surface area contributed by atoms with Crippen molar-refractivity contribution in [2.24, 2.45) is 0 Å². The third-order valence-corrected chi connectivity index (χ3v) is 2.51. The van der Waals surface area contributed by atoms with Crippen LogP contribution in [0.15, 0.2) is 47.4 Å². The van der Waals surface area contributed by atoms with Gasteiger partial charge in [-0.25, -0.2) is 9.59 Å². The van der Waals surface area contributed by atoms with Crippen LogP contribution in [0.5, 0.6) is 5.75 Å². The molecule has 0 saturated heterocycles. The van der Waals surface area contributed by atoms with Crippen molar-refractivity contribution >= 4 is 11.9 Å². The van der Waals surface area contributed by atoms with Crippen LogP contribution in [0.25, 0.3) is 0 Å². The number of esters is 2. The van der Waals surface area contributed by atoms with Gasteiger partial charge in [-0.2, -0.15) is 0 Å². The number of nitrogens with one attached hydrogen (secondary N) is 1. The van der Waals surface area contributed by atoms with Gasteiger partial charge in [0.1, 0.15) is 5.75 Å². The molecule has 0 spiro atoms. The van der Waals surface area contributed by atoms with E-state index in [0.29, 0.717) is 5.56 Å². The van der Waals surface area contributed by atoms with Crippen LogP contribution in [0.1, 0.15) is 20.7 Å². The average Bonchev–Trinajstić information content (AvgIpc) is 2.48. The van der Waals surface area contributed by atoms with Crippen molar-refractivity contribution < 1.29 is 19.1 Å². The van der Waals surface area contributed by atoms with Crippen LogP contribution in [-0.2, 0) is 4.74 Å². The van der Waals surface area contributed by atoms with Gasteiger partial charge in [-0.15, -0.1) is 0 Å². The van der Waals surface area contributed by atoms with E-state index < -0.39 is 11.9 Å². The van der Waals surface area contributed by atoms with Gasteiger partial charge in [0.25, 0.3) is 0 Å². The summed E-state index contributed by atoms with van der Waals surface area (Å²) in [4.78, 5) is 36.3. The molecule has 0 fully saturated rings. The summed E-state index contributed by atoms with van der Waals surface area (Å²) in [5.41, 5.74) is 0.280. The highest BCUT2D eigenvalue weighted by atomic mass is 16.5. The van der Waals surface area contributed by atoms with Crippen LogP contribution in [0.4, 0.5) is 0 Å². The predicted octanol–water partition coefficient (Wildman–Crippen LogP) is 1.38. The van der Waals surface area contributed by atoms with Crippen LogP contribution in [-0.4, -0.2) is 24.0 Å². The summed E-state index contributed by atoms with van der Waals surface area (Å²) >= 11 is 0. The highest BCUT2D eigenvalue weighted by Gasteiger charge is 2.10. The topological polar surface area (TPSA) is 85.5 Å². The summed E-state index contributed by atoms with van der Waals surface area (Å²) in [6.45, 7) is 0. The first-order valence-corrected chi connectivity index (χ1v) is 5.69. The zero-order valence-electron chi connectivity index (χ0n) is 10.6. The molecule has 0 aliphatic carbocycles. The molecule has 1 heterocycles. The second-order valence-electron chi connectivity index (χ2n) is 3.85. The van der Waals surface area contributed by atoms with E-state index in [0.717, 1.165) is 0 Å². The van der Waals surface area contributed by atoms with Crippen molar-refractivity contribution in [2.75, 3.05) is 7.11 Å². The van der Waals surface area contributed by atoms with E-state index in [1.54, 1.807) is 0 Å². The van der Waals surface area contributed by atoms with Crippen molar-refractivity contribution in [3.05, 3.63) is 64.1 Å². The van der Waals surface area contributed by atoms with Crippen LogP contribution >= 0.6 is 0 Å². The largest absolute Gasteiger partial charge is 0.465 e. The molecule has 20 heavy (non-hydrogen) atoms. The van der Waals surface area contributed by atoms with E-state index in [-0.39, 0.29) is 16.9 Å². The molecule has 0 amide bonds. The number of pyridine rings is 1. The van der Waals surface area contributed by atoms with Crippen LogP contribution in [0.3, 0.4) is 0 Å². The Labute approximate surface area is 114 Å². The lowest BCUT2D eigenvalue weighted by atomic mass is 10.2. The summed E-state index contributed by atoms with van der Waals surface area (Å²) in [5.74, 6) is -0.788. The molecule has 0 saturated carbocycles. The fourth-order valence-corrected chi connectivity index (χ4v) is 1.48. The highest BCUT2D eigenvalue weighted by molar-refractivity contribution is 5.91. The molecule has 1 aromatic heterocycles. The van der Waals surface area contributed by atoms with Gasteiger partial charge in [0.05, 0.1) is 18.2 Å². The molecule has 0 bridgehead atoms. The second-order valence-corrected chi connectivity index (χ2v) is 3.85. The number of methoxy groups -OCH3 is 1. The molecule has 6 nitrogen and oxygen atoms in total. The number of carbonyl (C=O) groups excluding carboxylic acids is 2. The zero-order chi connectivity index (χ0) is 14.5. The van der Waals surface area contributed by atoms with Gasteiger partial charge in [0.15, 0.2) is 0 Å². The number of hydrogen-bond acceptors (Lipinski definition) is 5. The third kappa shape index (κ3) is 3.11. The van der Waals surface area contributed by atoms with Gasteiger partial charge in [0.2, 0.25) is 5.56 Å². The number of carbonyl (C=O) groups is 2. The Morgan fingerprint density at radius 3 is 2.15 bits per heavy atom. The van der Waals surface area contributed by atoms with Crippen LogP contribution < -0.4 is 10.3 Å². The van der Waals surface area contributed by atoms with Crippen molar-refractivity contribution in [1.29, 1.82) is 0 Å². The average molecular weight is 273 g/mol. The van der Waals surface area contributed by atoms with Crippen LogP contribution in [0, 0.1) is 0 Å². The van der Waals surface area contributed by atoms with E-state index in [1.807, 2.05) is 0 Å². The maximum atomic E-state index is 11.8. The number of hydrogen-bond donors (Lipinski definition) is 1. The lowest BCUT2D eigenvalue weighted by Crippen LogP contribution is -2.12. The summed E-state index contributed by atoms with van der Waals surface area (Å²) in [5, 5.41) is 0. The summed E-state index contributed by atoms with van der Waals surface area (Å²) < 4.78 is 9.65. The number of H-pyrrole nitrogens is 1. The van der Waals surface area contributed by atoms with E-state index in [4.69, 9.17) is 4.74 Å². The first kappa shape index (κ1) is 13.5. The number of rotatable bonds is 3. The molecule has 0 radical (unpaired) electrons. The minimum Gasteiger partial charge on any atom is -0.465 e. The monoisotopic (exact) mass is 273 g/mol. The number of benzene rings is 1. The molecular weight excluding hydrogens is 262 g/mol. The van der Waals surface area contributed by atoms with Gasteiger partial charge in [-0.1, -0.05) is 0 Å². The molecule has 6 heteroatoms. The molecule has 0 atom stereocenters. The second kappa shape index (κ2) is 5.83. The summed E-state index contributed by atoms with van der Waals surface area (Å²) in [6, 6.07) is 8.54. The number of ether oxygens (including phenoxy) is 2. The minimum atomic E-state index is -0.605. The fourth-order valence-electron chi connectivity index (χ4n) is 1.48. The van der Waals surface area contributed by atoms with E-state index in [9.17, 15) is 14.4 Å². The van der Waals surface area contributed by atoms with Gasteiger partial charge in [-0.3, -0.25) is 4.79 Å². The van der Waals surface area contributed by atoms with Gasteiger partial charge in [-0.05, 0) is 30.3 Å². The molecule has 2 rings (SSSR count). The predicted molar refractivity (Wildman–Crippen MR) is 69.8 cm³/mol. The Morgan fingerprint density at radius 1 is 0.950 bits per heavy atom. The Kier molecular flexibility index (Phi) is 3.95. The lowest BCUT2D eigenvalue weighted by Gasteiger charge is -2.04. The first-order valence-electron chi connectivity index (χ1n) is 5.69. The Balaban J connectivity index is 2.10. The molecule has 0 unspecified atom stereocenters. The highest BCUT2D eigenvalue weighted by Crippen LogP contribution is 2.14. The molecule has 1 N–H and O–H groups in total. The molecule has 2 aromatic rings. The zero-order valence-corrected chi connectivity index (χ0v) is 10.6. The van der Waals surface area contributed by atoms with Crippen molar-refractivity contribution in [2.45, 2.75) is 0 Å². The van der Waals surface area contributed by atoms with Crippen molar-refractivity contribution in [3.63, 3.8) is 0 Å². The standard InChI is InChI=1S/C14H11NO5/c1-19-13(17)9-2-5-11(6-3-9)20-14(18)10-4-7-12(16)15-8-10/h2-8H,1H3,(H,15,16). The lowest BCUT2D eigenvalue weighted by molar-refractivity contribution is 0.0600. The maximum absolute atomic E-state index is 11.8. The Bertz CT molecular complexity index is 667. The van der Waals surface area contributed by atoms with Crippen molar-refractivity contribution in [3.8, 4) is 5.75 Å². The molecular formula is C14H11NO5. The summed E-state index contributed by atoms with van der Waals surface area (Å²) in [6.07, 6.45) is 1.27. The Hall–Kier alpha value is -2.89. The quantitative estimate of drug-likeness (QED) is 0.674. The Morgan fingerprint density at radius 2 is 1.60 bits per heavy atom. The normalized spacial score (nSPS) is 9.85. The maximum Gasteiger partial charge on any atom is 0.345 e. The minimum absolute atomic E-state index is 0.224. The first-order chi connectivity index (χ1) is 9.60. The van der Waals surface area contributed by atoms with E-state index in [1.165, 1.54) is 49.7 Å². The van der Waals surface area contributed by atoms with Crippen molar-refractivity contribution in [1.82, 2.24) is 4.98 Å². The van der Waals surface area contributed by atoms with Crippen LogP contribution in [0.2, 0.25) is 0 Å². The number of aromatic amines is 1. The SMILES string of the molecule is COC(=O)c1ccc(OC(=O)c2ccc(=O)[nH]c2)cc1. The molecule has 0 aliphatic heterocycles. The molecule has 1 aromatic carbocycles. The van der Waals surface area contributed by atoms with Gasteiger partial charge in [0, 0.05) is 12.3 Å².